The maximum Gasteiger partial charge on any atom is 0.239 e. The Hall–Kier alpha value is -6.01. The third-order valence-corrected chi connectivity index (χ3v) is 8.19. The minimum atomic E-state index is -5.17. The first-order valence-corrected chi connectivity index (χ1v) is 17.4. The number of hydrogen-bond acceptors (Lipinski definition) is 8. The number of hydrogen-bond donors (Lipinski definition) is 0. The number of benzene rings is 6. The molecule has 0 radical (unpaired) electrons. The molecular formula is C40H36N6O4S. The number of fused-ring (bicyclic) bond motifs is 4. The van der Waals surface area contributed by atoms with Crippen LogP contribution in [0.2, 0.25) is 0 Å². The fourth-order valence-electron chi connectivity index (χ4n) is 5.85. The quantitative estimate of drug-likeness (QED) is 0.0934. The molecule has 0 saturated heterocycles. The first kappa shape index (κ1) is 34.8. The van der Waals surface area contributed by atoms with E-state index < -0.39 is 10.4 Å². The molecule has 0 amide bonds. The molecule has 0 aliphatic rings. The molecule has 51 heavy (non-hydrogen) atoms. The number of para-hydroxylation sites is 6. The summed E-state index contributed by atoms with van der Waals surface area (Å²) in [7, 11) is 3.07. The van der Waals surface area contributed by atoms with Gasteiger partial charge >= 0.3 is 0 Å². The second-order valence-electron chi connectivity index (χ2n) is 12.1. The third kappa shape index (κ3) is 8.08. The van der Waals surface area contributed by atoms with E-state index in [2.05, 4.69) is 168 Å². The molecule has 2 aromatic heterocycles. The van der Waals surface area contributed by atoms with Gasteiger partial charge in [-0.05, 0) is 36.4 Å². The van der Waals surface area contributed by atoms with Crippen LogP contribution < -0.4 is 18.9 Å². The highest BCUT2D eigenvalue weighted by Crippen LogP contribution is 2.23. The maximum absolute atomic E-state index is 8.52. The molecule has 10 nitrogen and oxygen atoms in total. The molecular weight excluding hydrogens is 661 g/mol. The lowest BCUT2D eigenvalue weighted by atomic mass is 10.2. The first-order valence-electron chi connectivity index (χ1n) is 16.1. The first-order chi connectivity index (χ1) is 24.5. The average molecular weight is 697 g/mol. The van der Waals surface area contributed by atoms with Gasteiger partial charge in [0.1, 0.15) is 22.1 Å². The molecule has 0 aliphatic carbocycles. The van der Waals surface area contributed by atoms with E-state index in [0.29, 0.717) is 0 Å². The van der Waals surface area contributed by atoms with Gasteiger partial charge in [-0.2, -0.15) is 0 Å². The van der Waals surface area contributed by atoms with Crippen molar-refractivity contribution in [1.29, 1.82) is 0 Å². The van der Waals surface area contributed by atoms with Crippen molar-refractivity contribution in [1.82, 2.24) is 9.97 Å². The number of aromatic nitrogens is 4. The SMILES string of the molecule is CN(C)c1ccc2nc3ccccc3[n+](-c3ccccc3)c2c1.CN(C)c1ccc2nc3ccccc3[n+](-c3ccccc3)c2c1.O=S(=O)([O-])[O-]. The van der Waals surface area contributed by atoms with Crippen LogP contribution >= 0.6 is 0 Å². The Balaban J connectivity index is 0.000000156. The van der Waals surface area contributed by atoms with E-state index in [9.17, 15) is 0 Å². The van der Waals surface area contributed by atoms with Gasteiger partial charge in [0.25, 0.3) is 0 Å². The highest BCUT2D eigenvalue weighted by atomic mass is 32.3. The predicted octanol–water partition coefficient (Wildman–Crippen LogP) is 6.12. The summed E-state index contributed by atoms with van der Waals surface area (Å²) in [6.07, 6.45) is 0. The van der Waals surface area contributed by atoms with Crippen LogP contribution in [0.4, 0.5) is 11.4 Å². The Bertz CT molecular complexity index is 2410. The molecule has 8 rings (SSSR count). The van der Waals surface area contributed by atoms with Crippen LogP contribution in [0, 0.1) is 0 Å². The average Bonchev–Trinajstić information content (AvgIpc) is 3.12. The van der Waals surface area contributed by atoms with Crippen molar-refractivity contribution in [3.63, 3.8) is 0 Å². The topological polar surface area (TPSA) is 120 Å². The van der Waals surface area contributed by atoms with Gasteiger partial charge < -0.3 is 18.9 Å². The molecule has 8 aromatic rings. The van der Waals surface area contributed by atoms with Crippen molar-refractivity contribution >= 4 is 65.9 Å². The zero-order chi connectivity index (χ0) is 36.1. The van der Waals surface area contributed by atoms with Gasteiger partial charge in [0.2, 0.25) is 33.4 Å². The van der Waals surface area contributed by atoms with Crippen LogP contribution in [-0.2, 0) is 10.4 Å². The van der Waals surface area contributed by atoms with Crippen molar-refractivity contribution in [2.75, 3.05) is 38.0 Å². The van der Waals surface area contributed by atoms with Crippen LogP contribution in [0.3, 0.4) is 0 Å². The maximum atomic E-state index is 8.52. The molecule has 2 heterocycles. The second kappa shape index (κ2) is 14.9. The monoisotopic (exact) mass is 696 g/mol. The fourth-order valence-corrected chi connectivity index (χ4v) is 5.85. The largest absolute Gasteiger partial charge is 0.759 e. The highest BCUT2D eigenvalue weighted by Gasteiger charge is 2.21. The Morgan fingerprint density at radius 2 is 0.765 bits per heavy atom. The second-order valence-corrected chi connectivity index (χ2v) is 12.9. The van der Waals surface area contributed by atoms with Gasteiger partial charge in [-0.25, -0.2) is 9.97 Å². The summed E-state index contributed by atoms with van der Waals surface area (Å²) >= 11 is 0. The Kier molecular flexibility index (Phi) is 10.1. The number of anilines is 2. The van der Waals surface area contributed by atoms with E-state index in [1.165, 1.54) is 11.4 Å². The Morgan fingerprint density at radius 1 is 0.451 bits per heavy atom. The smallest absolute Gasteiger partial charge is 0.239 e. The molecule has 0 aliphatic heterocycles. The molecule has 0 bridgehead atoms. The van der Waals surface area contributed by atoms with Crippen molar-refractivity contribution in [2.45, 2.75) is 0 Å². The summed E-state index contributed by atoms with van der Waals surface area (Å²) in [6, 6.07) is 50.3. The minimum Gasteiger partial charge on any atom is -0.759 e. The van der Waals surface area contributed by atoms with E-state index >= 15 is 0 Å². The summed E-state index contributed by atoms with van der Waals surface area (Å²) in [4.78, 5) is 13.9. The fraction of sp³-hybridized carbons (Fsp3) is 0.100. The standard InChI is InChI=1S/2C20H18N3.H2O4S/c2*1-22(2)16-12-13-18-20(14-16)23(15-8-4-3-5-9-15)19-11-7-6-10-17(19)21-18;1-5(2,3)4/h2*3-14H,1-2H3;(H2,1,2,3,4)/q2*+1;/p-2. The molecule has 0 N–H and O–H groups in total. The highest BCUT2D eigenvalue weighted by molar-refractivity contribution is 7.79. The zero-order valence-corrected chi connectivity index (χ0v) is 29.4. The Morgan fingerprint density at radius 3 is 1.12 bits per heavy atom. The van der Waals surface area contributed by atoms with Gasteiger partial charge in [0.15, 0.2) is 0 Å². The molecule has 11 heteroatoms. The van der Waals surface area contributed by atoms with E-state index in [1.54, 1.807) is 0 Å². The summed E-state index contributed by atoms with van der Waals surface area (Å²) in [5, 5.41) is 0. The predicted molar refractivity (Wildman–Crippen MR) is 201 cm³/mol. The molecule has 0 unspecified atom stereocenters. The molecule has 0 spiro atoms. The van der Waals surface area contributed by atoms with Gasteiger partial charge in [0, 0.05) is 98.5 Å². The van der Waals surface area contributed by atoms with Crippen molar-refractivity contribution in [3.8, 4) is 11.4 Å². The lowest BCUT2D eigenvalue weighted by Gasteiger charge is -2.12. The molecule has 6 aromatic carbocycles. The molecule has 0 fully saturated rings. The van der Waals surface area contributed by atoms with E-state index in [-0.39, 0.29) is 0 Å². The number of rotatable bonds is 4. The molecule has 0 atom stereocenters. The molecule has 0 saturated carbocycles. The minimum absolute atomic E-state index is 0.998. The molecule has 256 valence electrons. The van der Waals surface area contributed by atoms with Crippen LogP contribution in [0.25, 0.3) is 55.5 Å². The summed E-state index contributed by atoms with van der Waals surface area (Å²) < 4.78 is 38.6. The van der Waals surface area contributed by atoms with Gasteiger partial charge in [0.05, 0.1) is 0 Å². The zero-order valence-electron chi connectivity index (χ0n) is 28.6. The van der Waals surface area contributed by atoms with Crippen LogP contribution in [0.1, 0.15) is 0 Å². The third-order valence-electron chi connectivity index (χ3n) is 8.19. The summed E-state index contributed by atoms with van der Waals surface area (Å²) in [6.45, 7) is 0. The van der Waals surface area contributed by atoms with Crippen LogP contribution in [0.5, 0.6) is 0 Å². The van der Waals surface area contributed by atoms with Crippen LogP contribution in [-0.4, -0.2) is 55.7 Å². The van der Waals surface area contributed by atoms with Crippen molar-refractivity contribution in [2.24, 2.45) is 0 Å². The van der Waals surface area contributed by atoms with Gasteiger partial charge in [-0.3, -0.25) is 8.42 Å². The summed E-state index contributed by atoms with van der Waals surface area (Å²) in [5.74, 6) is 0. The normalized spacial score (nSPS) is 11.1. The lowest BCUT2D eigenvalue weighted by Crippen LogP contribution is -2.33. The van der Waals surface area contributed by atoms with Gasteiger partial charge in [-0.1, -0.05) is 60.7 Å². The lowest BCUT2D eigenvalue weighted by molar-refractivity contribution is -0.538. The van der Waals surface area contributed by atoms with E-state index in [4.69, 9.17) is 27.5 Å². The van der Waals surface area contributed by atoms with E-state index in [1.807, 2.05) is 24.3 Å². The summed E-state index contributed by atoms with van der Waals surface area (Å²) in [5.41, 5.74) is 13.1. The van der Waals surface area contributed by atoms with E-state index in [0.717, 1.165) is 55.5 Å². The van der Waals surface area contributed by atoms with Crippen LogP contribution in [0.15, 0.2) is 146 Å². The van der Waals surface area contributed by atoms with Crippen molar-refractivity contribution in [3.05, 3.63) is 146 Å². The number of nitrogens with zero attached hydrogens (tertiary/aromatic N) is 6. The Labute approximate surface area is 296 Å². The van der Waals surface area contributed by atoms with Gasteiger partial charge in [-0.15, -0.1) is 9.13 Å². The van der Waals surface area contributed by atoms with Crippen molar-refractivity contribution < 1.29 is 26.7 Å².